The van der Waals surface area contributed by atoms with Gasteiger partial charge in [0.1, 0.15) is 11.6 Å². The maximum absolute atomic E-state index is 4.62. The first-order valence-corrected chi connectivity index (χ1v) is 7.77. The third kappa shape index (κ3) is 4.16. The Bertz CT molecular complexity index is 787. The van der Waals surface area contributed by atoms with Crippen LogP contribution in [0.15, 0.2) is 73.6 Å². The summed E-state index contributed by atoms with van der Waals surface area (Å²) in [7, 11) is 0. The zero-order valence-electron chi connectivity index (χ0n) is 13.3. The van der Waals surface area contributed by atoms with Crippen LogP contribution >= 0.6 is 0 Å². The summed E-state index contributed by atoms with van der Waals surface area (Å²) < 4.78 is 0. The van der Waals surface area contributed by atoms with Gasteiger partial charge in [-0.2, -0.15) is 0 Å². The van der Waals surface area contributed by atoms with Gasteiger partial charge in [0.15, 0.2) is 5.82 Å². The van der Waals surface area contributed by atoms with E-state index in [1.54, 1.807) is 12.3 Å². The number of hydrogen-bond donors (Lipinski definition) is 2. The monoisotopic (exact) mass is 317 g/mol. The Morgan fingerprint density at radius 3 is 2.46 bits per heavy atom. The fourth-order valence-electron chi connectivity index (χ4n) is 2.22. The highest BCUT2D eigenvalue weighted by atomic mass is 15.1. The molecule has 0 aliphatic carbocycles. The van der Waals surface area contributed by atoms with Crippen molar-refractivity contribution in [1.29, 1.82) is 0 Å². The number of nitrogens with one attached hydrogen (secondary N) is 2. The van der Waals surface area contributed by atoms with Crippen molar-refractivity contribution >= 4 is 11.6 Å². The van der Waals surface area contributed by atoms with E-state index in [4.69, 9.17) is 0 Å². The largest absolute Gasteiger partial charge is 0.366 e. The molecule has 0 saturated carbocycles. The average Bonchev–Trinajstić information content (AvgIpc) is 2.66. The molecule has 0 bridgehead atoms. The molecule has 3 rings (SSSR count). The summed E-state index contributed by atoms with van der Waals surface area (Å²) in [6.07, 6.45) is 5.40. The van der Waals surface area contributed by atoms with Gasteiger partial charge in [0.05, 0.1) is 0 Å². The van der Waals surface area contributed by atoms with Crippen LogP contribution < -0.4 is 10.6 Å². The van der Waals surface area contributed by atoms with E-state index in [-0.39, 0.29) is 0 Å². The summed E-state index contributed by atoms with van der Waals surface area (Å²) in [6.45, 7) is 5.03. The van der Waals surface area contributed by atoms with Gasteiger partial charge < -0.3 is 10.6 Å². The third-order valence-electron chi connectivity index (χ3n) is 3.38. The van der Waals surface area contributed by atoms with Crippen LogP contribution in [0.4, 0.5) is 11.6 Å². The van der Waals surface area contributed by atoms with E-state index in [1.807, 2.05) is 54.7 Å². The minimum Gasteiger partial charge on any atom is -0.366 e. The number of anilines is 2. The second-order valence-electron chi connectivity index (χ2n) is 5.21. The Morgan fingerprint density at radius 1 is 0.958 bits per heavy atom. The minimum atomic E-state index is 0.646. The van der Waals surface area contributed by atoms with Crippen molar-refractivity contribution in [3.8, 4) is 11.4 Å². The number of nitrogens with zero attached hydrogens (tertiary/aromatic N) is 3. The predicted octanol–water partition coefficient (Wildman–Crippen LogP) is 3.75. The Balaban J connectivity index is 1.85. The summed E-state index contributed by atoms with van der Waals surface area (Å²) in [5, 5.41) is 6.55. The molecule has 0 aliphatic heterocycles. The lowest BCUT2D eigenvalue weighted by Crippen LogP contribution is -2.07. The molecule has 120 valence electrons. The fraction of sp³-hybridized carbons (Fsp3) is 0.105. The van der Waals surface area contributed by atoms with E-state index in [2.05, 4.69) is 32.2 Å². The van der Waals surface area contributed by atoms with Crippen molar-refractivity contribution in [2.24, 2.45) is 0 Å². The molecule has 0 saturated heterocycles. The van der Waals surface area contributed by atoms with Crippen LogP contribution in [0, 0.1) is 0 Å². The standard InChI is InChI=1S/C19H19N5/c1-2-10-21-17-12-18(22-14-15-7-6-11-20-13-15)24-19(23-17)16-8-4-3-5-9-16/h2-9,11-13H,1,10,14H2,(H2,21,22,23,24). The van der Waals surface area contributed by atoms with Crippen LogP contribution in [-0.4, -0.2) is 21.5 Å². The van der Waals surface area contributed by atoms with Crippen molar-refractivity contribution in [2.45, 2.75) is 6.54 Å². The summed E-state index contributed by atoms with van der Waals surface area (Å²) in [5.41, 5.74) is 2.07. The van der Waals surface area contributed by atoms with Gasteiger partial charge in [0, 0.05) is 37.1 Å². The maximum Gasteiger partial charge on any atom is 0.163 e. The van der Waals surface area contributed by atoms with Gasteiger partial charge in [0.25, 0.3) is 0 Å². The highest BCUT2D eigenvalue weighted by Gasteiger charge is 2.06. The number of rotatable bonds is 7. The first-order valence-electron chi connectivity index (χ1n) is 7.77. The number of benzene rings is 1. The van der Waals surface area contributed by atoms with Crippen LogP contribution in [-0.2, 0) is 6.54 Å². The predicted molar refractivity (Wildman–Crippen MR) is 97.7 cm³/mol. The van der Waals surface area contributed by atoms with Gasteiger partial charge in [-0.1, -0.05) is 42.5 Å². The Hall–Kier alpha value is -3.21. The van der Waals surface area contributed by atoms with Gasteiger partial charge in [-0.15, -0.1) is 6.58 Å². The Labute approximate surface area is 141 Å². The van der Waals surface area contributed by atoms with E-state index in [1.165, 1.54) is 0 Å². The SMILES string of the molecule is C=CCNc1cc(NCc2cccnc2)nc(-c2ccccc2)n1. The fourth-order valence-corrected chi connectivity index (χ4v) is 2.22. The topological polar surface area (TPSA) is 62.7 Å². The molecule has 0 fully saturated rings. The number of pyridine rings is 1. The van der Waals surface area contributed by atoms with Gasteiger partial charge in [-0.3, -0.25) is 4.98 Å². The average molecular weight is 317 g/mol. The normalized spacial score (nSPS) is 10.2. The highest BCUT2D eigenvalue weighted by molar-refractivity contribution is 5.61. The molecular formula is C19H19N5. The molecule has 0 atom stereocenters. The van der Waals surface area contributed by atoms with E-state index < -0.39 is 0 Å². The van der Waals surface area contributed by atoms with Crippen molar-refractivity contribution in [3.05, 3.63) is 79.1 Å². The van der Waals surface area contributed by atoms with E-state index in [9.17, 15) is 0 Å². The summed E-state index contributed by atoms with van der Waals surface area (Å²) in [5.74, 6) is 2.20. The molecule has 0 spiro atoms. The van der Waals surface area contributed by atoms with Gasteiger partial charge in [0.2, 0.25) is 0 Å². The third-order valence-corrected chi connectivity index (χ3v) is 3.38. The van der Waals surface area contributed by atoms with Crippen molar-refractivity contribution in [2.75, 3.05) is 17.2 Å². The van der Waals surface area contributed by atoms with Gasteiger partial charge >= 0.3 is 0 Å². The van der Waals surface area contributed by atoms with Gasteiger partial charge in [-0.05, 0) is 11.6 Å². The number of hydrogen-bond acceptors (Lipinski definition) is 5. The number of aromatic nitrogens is 3. The molecule has 3 aromatic rings. The van der Waals surface area contributed by atoms with Gasteiger partial charge in [-0.25, -0.2) is 9.97 Å². The molecule has 2 N–H and O–H groups in total. The summed E-state index contributed by atoms with van der Waals surface area (Å²) >= 11 is 0. The molecule has 5 nitrogen and oxygen atoms in total. The zero-order valence-corrected chi connectivity index (χ0v) is 13.3. The molecule has 0 radical (unpaired) electrons. The molecule has 2 aromatic heterocycles. The lowest BCUT2D eigenvalue weighted by molar-refractivity contribution is 1.07. The van der Waals surface area contributed by atoms with Crippen molar-refractivity contribution < 1.29 is 0 Å². The van der Waals surface area contributed by atoms with Crippen molar-refractivity contribution in [3.63, 3.8) is 0 Å². The van der Waals surface area contributed by atoms with Crippen LogP contribution in [0.25, 0.3) is 11.4 Å². The maximum atomic E-state index is 4.62. The molecule has 0 unspecified atom stereocenters. The van der Waals surface area contributed by atoms with Crippen LogP contribution in [0.2, 0.25) is 0 Å². The van der Waals surface area contributed by atoms with Crippen LogP contribution in [0.5, 0.6) is 0 Å². The van der Waals surface area contributed by atoms with Crippen LogP contribution in [0.3, 0.4) is 0 Å². The van der Waals surface area contributed by atoms with Crippen LogP contribution in [0.1, 0.15) is 5.56 Å². The quantitative estimate of drug-likeness (QED) is 0.650. The second-order valence-corrected chi connectivity index (χ2v) is 5.21. The first kappa shape index (κ1) is 15.7. The van der Waals surface area contributed by atoms with E-state index in [0.29, 0.717) is 18.9 Å². The molecule has 24 heavy (non-hydrogen) atoms. The molecule has 1 aromatic carbocycles. The summed E-state index contributed by atoms with van der Waals surface area (Å²) in [6, 6.07) is 15.8. The Kier molecular flexibility index (Phi) is 5.14. The zero-order chi connectivity index (χ0) is 16.6. The molecule has 5 heteroatoms. The van der Waals surface area contributed by atoms with Crippen molar-refractivity contribution in [1.82, 2.24) is 15.0 Å². The summed E-state index contributed by atoms with van der Waals surface area (Å²) in [4.78, 5) is 13.3. The minimum absolute atomic E-state index is 0.646. The molecular weight excluding hydrogens is 298 g/mol. The molecule has 2 heterocycles. The van der Waals surface area contributed by atoms with E-state index >= 15 is 0 Å². The first-order chi connectivity index (χ1) is 11.8. The highest BCUT2D eigenvalue weighted by Crippen LogP contribution is 2.20. The molecule has 0 aliphatic rings. The second kappa shape index (κ2) is 7.87. The smallest absolute Gasteiger partial charge is 0.163 e. The lowest BCUT2D eigenvalue weighted by atomic mass is 10.2. The lowest BCUT2D eigenvalue weighted by Gasteiger charge is -2.11. The molecule has 0 amide bonds. The Morgan fingerprint density at radius 2 is 1.75 bits per heavy atom. The van der Waals surface area contributed by atoms with E-state index in [0.717, 1.165) is 22.8 Å².